The summed E-state index contributed by atoms with van der Waals surface area (Å²) in [6.45, 7) is 0. The predicted molar refractivity (Wildman–Crippen MR) is 67.0 cm³/mol. The standard InChI is InChI=1S/C13H10BrN/c14-8-4-3-6-12-10-15-9-11-5-1-2-7-13(11)12/h1-2,5,7,9-10H,4,8H2. The predicted octanol–water partition coefficient (Wildman–Crippen LogP) is 3.37. The Morgan fingerprint density at radius 2 is 2.07 bits per heavy atom. The van der Waals surface area contributed by atoms with Crippen LogP contribution in [0, 0.1) is 11.8 Å². The van der Waals surface area contributed by atoms with E-state index >= 15 is 0 Å². The van der Waals surface area contributed by atoms with E-state index in [0.29, 0.717) is 0 Å². The van der Waals surface area contributed by atoms with Gasteiger partial charge in [0.05, 0.1) is 5.56 Å². The first-order valence-electron chi connectivity index (χ1n) is 4.79. The smallest absolute Gasteiger partial charge is 0.0507 e. The number of nitrogens with zero attached hydrogens (tertiary/aromatic N) is 1. The van der Waals surface area contributed by atoms with Crippen LogP contribution in [0.4, 0.5) is 0 Å². The summed E-state index contributed by atoms with van der Waals surface area (Å²) in [6, 6.07) is 8.17. The Bertz CT molecular complexity index is 517. The van der Waals surface area contributed by atoms with Gasteiger partial charge < -0.3 is 0 Å². The van der Waals surface area contributed by atoms with Crippen molar-refractivity contribution in [2.75, 3.05) is 5.33 Å². The summed E-state index contributed by atoms with van der Waals surface area (Å²) in [4.78, 5) is 4.18. The van der Waals surface area contributed by atoms with E-state index in [1.54, 1.807) is 0 Å². The number of halogens is 1. The second-order valence-corrected chi connectivity index (χ2v) is 3.94. The summed E-state index contributed by atoms with van der Waals surface area (Å²) in [7, 11) is 0. The Morgan fingerprint density at radius 1 is 1.20 bits per heavy atom. The normalized spacial score (nSPS) is 9.67. The Morgan fingerprint density at radius 3 is 2.93 bits per heavy atom. The van der Waals surface area contributed by atoms with E-state index in [2.05, 4.69) is 44.9 Å². The first-order chi connectivity index (χ1) is 7.42. The average molecular weight is 260 g/mol. The van der Waals surface area contributed by atoms with Gasteiger partial charge in [-0.15, -0.1) is 0 Å². The molecule has 1 aromatic carbocycles. The molecule has 2 rings (SSSR count). The van der Waals surface area contributed by atoms with Crippen molar-refractivity contribution in [2.24, 2.45) is 0 Å². The van der Waals surface area contributed by atoms with Gasteiger partial charge in [0.15, 0.2) is 0 Å². The molecule has 0 aliphatic carbocycles. The maximum atomic E-state index is 4.18. The maximum Gasteiger partial charge on any atom is 0.0507 e. The molecule has 2 heteroatoms. The van der Waals surface area contributed by atoms with Gasteiger partial charge in [0, 0.05) is 34.9 Å². The number of hydrogen-bond donors (Lipinski definition) is 0. The molecule has 15 heavy (non-hydrogen) atoms. The van der Waals surface area contributed by atoms with Crippen LogP contribution in [0.15, 0.2) is 36.7 Å². The second-order valence-electron chi connectivity index (χ2n) is 3.15. The fourth-order valence-corrected chi connectivity index (χ4v) is 1.62. The largest absolute Gasteiger partial charge is 0.263 e. The van der Waals surface area contributed by atoms with Crippen LogP contribution in [-0.2, 0) is 0 Å². The van der Waals surface area contributed by atoms with Gasteiger partial charge in [-0.3, -0.25) is 4.98 Å². The van der Waals surface area contributed by atoms with Gasteiger partial charge in [0.1, 0.15) is 0 Å². The molecule has 2 aromatic rings. The van der Waals surface area contributed by atoms with Gasteiger partial charge >= 0.3 is 0 Å². The number of fused-ring (bicyclic) bond motifs is 1. The molecule has 0 amide bonds. The average Bonchev–Trinajstić information content (AvgIpc) is 2.30. The van der Waals surface area contributed by atoms with Crippen molar-refractivity contribution in [1.82, 2.24) is 4.98 Å². The summed E-state index contributed by atoms with van der Waals surface area (Å²) in [5.41, 5.74) is 1.01. The molecule has 0 saturated carbocycles. The number of benzene rings is 1. The zero-order valence-corrected chi connectivity index (χ0v) is 9.79. The van der Waals surface area contributed by atoms with Gasteiger partial charge in [0.2, 0.25) is 0 Å². The van der Waals surface area contributed by atoms with Crippen LogP contribution in [-0.4, -0.2) is 10.3 Å². The SMILES string of the molecule is BrCCC#Cc1cncc2ccccc12. The van der Waals surface area contributed by atoms with Gasteiger partial charge in [-0.1, -0.05) is 52.0 Å². The number of aromatic nitrogens is 1. The molecular formula is C13H10BrN. The Kier molecular flexibility index (Phi) is 3.37. The Hall–Kier alpha value is -1.33. The lowest BCUT2D eigenvalue weighted by atomic mass is 10.1. The molecule has 0 bridgehead atoms. The molecule has 0 fully saturated rings. The topological polar surface area (TPSA) is 12.9 Å². The third-order valence-corrected chi connectivity index (χ3v) is 2.51. The molecular weight excluding hydrogens is 250 g/mol. The van der Waals surface area contributed by atoms with Gasteiger partial charge in [-0.05, 0) is 0 Å². The molecule has 0 saturated heterocycles. The third-order valence-electron chi connectivity index (χ3n) is 2.11. The minimum absolute atomic E-state index is 0.864. The zero-order chi connectivity index (χ0) is 10.5. The molecule has 0 atom stereocenters. The molecule has 1 heterocycles. The van der Waals surface area contributed by atoms with E-state index < -0.39 is 0 Å². The second kappa shape index (κ2) is 4.95. The zero-order valence-electron chi connectivity index (χ0n) is 8.20. The van der Waals surface area contributed by atoms with Crippen LogP contribution in [0.2, 0.25) is 0 Å². The summed E-state index contributed by atoms with van der Waals surface area (Å²) in [5, 5.41) is 3.23. The van der Waals surface area contributed by atoms with Crippen molar-refractivity contribution in [3.8, 4) is 11.8 Å². The van der Waals surface area contributed by atoms with Gasteiger partial charge in [-0.2, -0.15) is 0 Å². The minimum atomic E-state index is 0.864. The van der Waals surface area contributed by atoms with Crippen molar-refractivity contribution < 1.29 is 0 Å². The summed E-state index contributed by atoms with van der Waals surface area (Å²) in [6.07, 6.45) is 4.55. The number of rotatable bonds is 1. The monoisotopic (exact) mass is 259 g/mol. The fourth-order valence-electron chi connectivity index (χ4n) is 1.42. The van der Waals surface area contributed by atoms with E-state index in [9.17, 15) is 0 Å². The highest BCUT2D eigenvalue weighted by Crippen LogP contribution is 2.15. The molecule has 74 valence electrons. The highest BCUT2D eigenvalue weighted by molar-refractivity contribution is 9.09. The lowest BCUT2D eigenvalue weighted by Gasteiger charge is -1.98. The molecule has 0 spiro atoms. The molecule has 0 N–H and O–H groups in total. The first-order valence-corrected chi connectivity index (χ1v) is 5.91. The third kappa shape index (κ3) is 2.37. The Labute approximate surface area is 97.7 Å². The van der Waals surface area contributed by atoms with Crippen LogP contribution in [0.25, 0.3) is 10.8 Å². The lowest BCUT2D eigenvalue weighted by Crippen LogP contribution is -1.82. The van der Waals surface area contributed by atoms with Gasteiger partial charge in [0.25, 0.3) is 0 Å². The van der Waals surface area contributed by atoms with Gasteiger partial charge in [-0.25, -0.2) is 0 Å². The van der Waals surface area contributed by atoms with Crippen LogP contribution in [0.1, 0.15) is 12.0 Å². The molecule has 0 radical (unpaired) electrons. The summed E-state index contributed by atoms with van der Waals surface area (Å²) < 4.78 is 0. The minimum Gasteiger partial charge on any atom is -0.263 e. The van der Waals surface area contributed by atoms with E-state index in [4.69, 9.17) is 0 Å². The van der Waals surface area contributed by atoms with Crippen LogP contribution in [0.3, 0.4) is 0 Å². The quantitative estimate of drug-likeness (QED) is 0.566. The van der Waals surface area contributed by atoms with E-state index in [1.807, 2.05) is 24.5 Å². The molecule has 1 aromatic heterocycles. The summed E-state index contributed by atoms with van der Waals surface area (Å²) >= 11 is 3.35. The van der Waals surface area contributed by atoms with E-state index in [-0.39, 0.29) is 0 Å². The van der Waals surface area contributed by atoms with E-state index in [0.717, 1.165) is 22.7 Å². The van der Waals surface area contributed by atoms with E-state index in [1.165, 1.54) is 5.39 Å². The molecule has 0 unspecified atom stereocenters. The van der Waals surface area contributed by atoms with Crippen LogP contribution in [0.5, 0.6) is 0 Å². The van der Waals surface area contributed by atoms with Crippen LogP contribution < -0.4 is 0 Å². The van der Waals surface area contributed by atoms with Crippen molar-refractivity contribution in [3.63, 3.8) is 0 Å². The Balaban J connectivity index is 2.48. The van der Waals surface area contributed by atoms with Crippen molar-refractivity contribution in [3.05, 3.63) is 42.2 Å². The molecule has 1 nitrogen and oxygen atoms in total. The number of pyridine rings is 1. The fraction of sp³-hybridized carbons (Fsp3) is 0.154. The van der Waals surface area contributed by atoms with Crippen molar-refractivity contribution in [2.45, 2.75) is 6.42 Å². The van der Waals surface area contributed by atoms with Crippen molar-refractivity contribution >= 4 is 26.7 Å². The maximum absolute atomic E-state index is 4.18. The number of alkyl halides is 1. The lowest BCUT2D eigenvalue weighted by molar-refractivity contribution is 1.31. The van der Waals surface area contributed by atoms with Crippen LogP contribution >= 0.6 is 15.9 Å². The molecule has 0 aliphatic heterocycles. The number of hydrogen-bond acceptors (Lipinski definition) is 1. The summed E-state index contributed by atoms with van der Waals surface area (Å²) in [5.74, 6) is 6.25. The molecule has 0 aliphatic rings. The highest BCUT2D eigenvalue weighted by atomic mass is 79.9. The first kappa shape index (κ1) is 10.2. The highest BCUT2D eigenvalue weighted by Gasteiger charge is 1.96. The van der Waals surface area contributed by atoms with Crippen molar-refractivity contribution in [1.29, 1.82) is 0 Å².